The number of rotatable bonds is 6. The van der Waals surface area contributed by atoms with Crippen molar-refractivity contribution in [2.75, 3.05) is 26.2 Å². The lowest BCUT2D eigenvalue weighted by atomic mass is 9.94. The van der Waals surface area contributed by atoms with E-state index in [0.29, 0.717) is 19.1 Å². The number of carbonyl (C=O) groups excluding carboxylic acids is 1. The van der Waals surface area contributed by atoms with Crippen LogP contribution in [0.3, 0.4) is 0 Å². The summed E-state index contributed by atoms with van der Waals surface area (Å²) in [5, 5.41) is 11.3. The van der Waals surface area contributed by atoms with Gasteiger partial charge in [-0.05, 0) is 19.4 Å². The molecule has 0 aromatic carbocycles. The number of aliphatic hydroxyl groups is 1. The minimum atomic E-state index is 0.0152. The van der Waals surface area contributed by atoms with Crippen molar-refractivity contribution in [1.29, 1.82) is 0 Å². The number of nitrogens with zero attached hydrogens (tertiary/aromatic N) is 1. The van der Waals surface area contributed by atoms with Gasteiger partial charge in [-0.3, -0.25) is 9.69 Å². The molecule has 1 aliphatic carbocycles. The zero-order chi connectivity index (χ0) is 11.8. The molecule has 1 rings (SSSR count). The van der Waals surface area contributed by atoms with E-state index in [1.54, 1.807) is 0 Å². The number of likely N-dealkylation sites (N-methyl/N-ethyl adjacent to an activating group) is 1. The minimum absolute atomic E-state index is 0.0152. The van der Waals surface area contributed by atoms with Crippen LogP contribution in [0.4, 0.5) is 0 Å². The third-order valence-electron chi connectivity index (χ3n) is 3.28. The Kier molecular flexibility index (Phi) is 6.42. The summed E-state index contributed by atoms with van der Waals surface area (Å²) in [5.74, 6) is 0.0291. The molecule has 4 nitrogen and oxygen atoms in total. The van der Waals surface area contributed by atoms with Gasteiger partial charge in [0.15, 0.2) is 0 Å². The molecule has 1 fully saturated rings. The van der Waals surface area contributed by atoms with Crippen molar-refractivity contribution in [2.24, 2.45) is 0 Å². The van der Waals surface area contributed by atoms with Gasteiger partial charge in [0.1, 0.15) is 0 Å². The van der Waals surface area contributed by atoms with Crippen LogP contribution in [0.2, 0.25) is 0 Å². The first-order valence-corrected chi connectivity index (χ1v) is 6.39. The Labute approximate surface area is 98.0 Å². The van der Waals surface area contributed by atoms with Gasteiger partial charge in [0.25, 0.3) is 0 Å². The van der Waals surface area contributed by atoms with E-state index in [-0.39, 0.29) is 12.5 Å². The lowest BCUT2D eigenvalue weighted by Crippen LogP contribution is -2.44. The highest BCUT2D eigenvalue weighted by Gasteiger charge is 2.21. The Balaban J connectivity index is 2.32. The van der Waals surface area contributed by atoms with Gasteiger partial charge in [0.2, 0.25) is 5.91 Å². The Morgan fingerprint density at radius 2 is 2.06 bits per heavy atom. The molecule has 0 aliphatic heterocycles. The second-order valence-electron chi connectivity index (χ2n) is 4.43. The van der Waals surface area contributed by atoms with Gasteiger partial charge in [0, 0.05) is 12.6 Å². The highest BCUT2D eigenvalue weighted by Crippen LogP contribution is 2.22. The molecule has 2 N–H and O–H groups in total. The smallest absolute Gasteiger partial charge is 0.234 e. The van der Waals surface area contributed by atoms with Crippen LogP contribution in [0.5, 0.6) is 0 Å². The highest BCUT2D eigenvalue weighted by atomic mass is 16.3. The van der Waals surface area contributed by atoms with E-state index >= 15 is 0 Å². The fraction of sp³-hybridized carbons (Fsp3) is 0.917. The molecule has 4 heteroatoms. The lowest BCUT2D eigenvalue weighted by molar-refractivity contribution is -0.123. The van der Waals surface area contributed by atoms with Gasteiger partial charge in [-0.25, -0.2) is 0 Å². The molecule has 0 radical (unpaired) electrons. The Morgan fingerprint density at radius 1 is 1.38 bits per heavy atom. The molecule has 0 spiro atoms. The summed E-state index contributed by atoms with van der Waals surface area (Å²) in [4.78, 5) is 13.8. The van der Waals surface area contributed by atoms with E-state index < -0.39 is 0 Å². The number of hydrogen-bond donors (Lipinski definition) is 2. The molecule has 1 aliphatic rings. The second-order valence-corrected chi connectivity index (χ2v) is 4.43. The van der Waals surface area contributed by atoms with Crippen molar-refractivity contribution in [1.82, 2.24) is 10.2 Å². The predicted molar refractivity (Wildman–Crippen MR) is 64.2 cm³/mol. The maximum Gasteiger partial charge on any atom is 0.234 e. The fourth-order valence-corrected chi connectivity index (χ4v) is 2.38. The largest absolute Gasteiger partial charge is 0.395 e. The minimum Gasteiger partial charge on any atom is -0.395 e. The standard InChI is InChI=1S/C12H24N2O2/c1-2-14(10-12(16)13-8-9-15)11-6-4-3-5-7-11/h11,15H,2-10H2,1H3,(H,13,16). The van der Waals surface area contributed by atoms with Crippen LogP contribution in [0.1, 0.15) is 39.0 Å². The number of carbonyl (C=O) groups is 1. The summed E-state index contributed by atoms with van der Waals surface area (Å²) in [5.41, 5.74) is 0. The topological polar surface area (TPSA) is 52.6 Å². The van der Waals surface area contributed by atoms with Crippen molar-refractivity contribution in [3.63, 3.8) is 0 Å². The van der Waals surface area contributed by atoms with Crippen LogP contribution in [-0.2, 0) is 4.79 Å². The number of nitrogens with one attached hydrogen (secondary N) is 1. The molecular weight excluding hydrogens is 204 g/mol. The average Bonchev–Trinajstić information content (AvgIpc) is 2.34. The van der Waals surface area contributed by atoms with E-state index in [2.05, 4.69) is 17.1 Å². The number of amides is 1. The Hall–Kier alpha value is -0.610. The normalized spacial score (nSPS) is 17.7. The lowest BCUT2D eigenvalue weighted by Gasteiger charge is -2.32. The molecule has 1 amide bonds. The summed E-state index contributed by atoms with van der Waals surface area (Å²) in [7, 11) is 0. The Morgan fingerprint density at radius 3 is 2.62 bits per heavy atom. The average molecular weight is 228 g/mol. The van der Waals surface area contributed by atoms with Crippen molar-refractivity contribution >= 4 is 5.91 Å². The van der Waals surface area contributed by atoms with Crippen molar-refractivity contribution < 1.29 is 9.90 Å². The third kappa shape index (κ3) is 4.49. The second kappa shape index (κ2) is 7.63. The van der Waals surface area contributed by atoms with Crippen LogP contribution in [-0.4, -0.2) is 48.2 Å². The quantitative estimate of drug-likeness (QED) is 0.705. The van der Waals surface area contributed by atoms with Gasteiger partial charge in [-0.2, -0.15) is 0 Å². The van der Waals surface area contributed by atoms with E-state index in [1.165, 1.54) is 32.1 Å². The monoisotopic (exact) mass is 228 g/mol. The molecule has 1 saturated carbocycles. The van der Waals surface area contributed by atoms with Crippen LogP contribution < -0.4 is 5.32 Å². The molecular formula is C12H24N2O2. The SMILES string of the molecule is CCN(CC(=O)NCCO)C1CCCCC1. The first-order chi connectivity index (χ1) is 7.77. The van der Waals surface area contributed by atoms with Crippen LogP contribution in [0.25, 0.3) is 0 Å². The Bertz CT molecular complexity index is 203. The van der Waals surface area contributed by atoms with Gasteiger partial charge in [-0.1, -0.05) is 26.2 Å². The van der Waals surface area contributed by atoms with Gasteiger partial charge < -0.3 is 10.4 Å². The maximum atomic E-state index is 11.6. The predicted octanol–water partition coefficient (Wildman–Crippen LogP) is 0.749. The van der Waals surface area contributed by atoms with Crippen LogP contribution >= 0.6 is 0 Å². The summed E-state index contributed by atoms with van der Waals surface area (Å²) < 4.78 is 0. The van der Waals surface area contributed by atoms with Crippen LogP contribution in [0.15, 0.2) is 0 Å². The van der Waals surface area contributed by atoms with Gasteiger partial charge in [-0.15, -0.1) is 0 Å². The number of hydrogen-bond acceptors (Lipinski definition) is 3. The zero-order valence-electron chi connectivity index (χ0n) is 10.2. The third-order valence-corrected chi connectivity index (χ3v) is 3.28. The summed E-state index contributed by atoms with van der Waals surface area (Å²) in [6, 6.07) is 0.582. The summed E-state index contributed by atoms with van der Waals surface area (Å²) >= 11 is 0. The van der Waals surface area contributed by atoms with E-state index in [4.69, 9.17) is 5.11 Å². The van der Waals surface area contributed by atoms with Crippen molar-refractivity contribution in [3.05, 3.63) is 0 Å². The molecule has 94 valence electrons. The summed E-state index contributed by atoms with van der Waals surface area (Å²) in [6.07, 6.45) is 6.37. The fourth-order valence-electron chi connectivity index (χ4n) is 2.38. The molecule has 0 atom stereocenters. The van der Waals surface area contributed by atoms with Crippen LogP contribution in [0, 0.1) is 0 Å². The maximum absolute atomic E-state index is 11.6. The molecule has 16 heavy (non-hydrogen) atoms. The first-order valence-electron chi connectivity index (χ1n) is 6.39. The van der Waals surface area contributed by atoms with E-state index in [1.807, 2.05) is 0 Å². The summed E-state index contributed by atoms with van der Waals surface area (Å²) in [6.45, 7) is 3.88. The highest BCUT2D eigenvalue weighted by molar-refractivity contribution is 5.78. The van der Waals surface area contributed by atoms with Crippen molar-refractivity contribution in [2.45, 2.75) is 45.1 Å². The molecule has 0 unspecified atom stereocenters. The first kappa shape index (κ1) is 13.5. The zero-order valence-corrected chi connectivity index (χ0v) is 10.2. The molecule has 0 saturated heterocycles. The number of aliphatic hydroxyl groups excluding tert-OH is 1. The molecule has 0 heterocycles. The molecule has 0 bridgehead atoms. The van der Waals surface area contributed by atoms with E-state index in [9.17, 15) is 4.79 Å². The van der Waals surface area contributed by atoms with Gasteiger partial charge >= 0.3 is 0 Å². The van der Waals surface area contributed by atoms with Crippen molar-refractivity contribution in [3.8, 4) is 0 Å². The molecule has 0 aromatic heterocycles. The van der Waals surface area contributed by atoms with E-state index in [0.717, 1.165) is 6.54 Å². The molecule has 0 aromatic rings. The van der Waals surface area contributed by atoms with Gasteiger partial charge in [0.05, 0.1) is 13.2 Å².